The first kappa shape index (κ1) is 11.0. The minimum Gasteiger partial charge on any atom is -0.363 e. The lowest BCUT2D eigenvalue weighted by atomic mass is 10.0. The molecule has 2 unspecified atom stereocenters. The third-order valence-corrected chi connectivity index (χ3v) is 2.35. The molecule has 3 nitrogen and oxygen atoms in total. The Morgan fingerprint density at radius 2 is 2.15 bits per heavy atom. The van der Waals surface area contributed by atoms with Crippen LogP contribution in [0.15, 0.2) is 0 Å². The van der Waals surface area contributed by atoms with Crippen LogP contribution in [0.3, 0.4) is 0 Å². The average molecular weight is 188 g/mol. The van der Waals surface area contributed by atoms with Gasteiger partial charge in [-0.1, -0.05) is 32.6 Å². The standard InChI is InChI=1S/C10H20O3/c1-3-4-5-6-7-9-8-10(2,11)13-12-9/h9,11H,3-8H2,1-2H3. The van der Waals surface area contributed by atoms with Crippen molar-refractivity contribution in [2.24, 2.45) is 0 Å². The zero-order valence-corrected chi connectivity index (χ0v) is 8.58. The summed E-state index contributed by atoms with van der Waals surface area (Å²) in [6.07, 6.45) is 6.63. The van der Waals surface area contributed by atoms with Gasteiger partial charge in [0.1, 0.15) is 0 Å². The predicted molar refractivity (Wildman–Crippen MR) is 50.0 cm³/mol. The summed E-state index contributed by atoms with van der Waals surface area (Å²) in [7, 11) is 0. The van der Waals surface area contributed by atoms with Crippen molar-refractivity contribution >= 4 is 0 Å². The molecule has 0 aromatic carbocycles. The maximum Gasteiger partial charge on any atom is 0.198 e. The maximum atomic E-state index is 9.42. The zero-order valence-electron chi connectivity index (χ0n) is 8.58. The van der Waals surface area contributed by atoms with Crippen molar-refractivity contribution < 1.29 is 14.9 Å². The summed E-state index contributed by atoms with van der Waals surface area (Å²) in [6, 6.07) is 0. The summed E-state index contributed by atoms with van der Waals surface area (Å²) in [6.45, 7) is 3.83. The molecule has 1 aliphatic rings. The van der Waals surface area contributed by atoms with E-state index in [2.05, 4.69) is 6.92 Å². The van der Waals surface area contributed by atoms with E-state index in [9.17, 15) is 5.11 Å². The van der Waals surface area contributed by atoms with Crippen LogP contribution >= 0.6 is 0 Å². The monoisotopic (exact) mass is 188 g/mol. The fourth-order valence-electron chi connectivity index (χ4n) is 1.61. The normalized spacial score (nSPS) is 33.9. The van der Waals surface area contributed by atoms with E-state index in [1.807, 2.05) is 0 Å². The SMILES string of the molecule is CCCCCCC1CC(C)(O)OO1. The van der Waals surface area contributed by atoms with Gasteiger partial charge in [-0.3, -0.25) is 0 Å². The first-order valence-electron chi connectivity index (χ1n) is 5.21. The fraction of sp³-hybridized carbons (Fsp3) is 1.00. The summed E-state index contributed by atoms with van der Waals surface area (Å²) < 4.78 is 0. The molecule has 3 heteroatoms. The summed E-state index contributed by atoms with van der Waals surface area (Å²) in [4.78, 5) is 9.76. The quantitative estimate of drug-likeness (QED) is 0.532. The fourth-order valence-corrected chi connectivity index (χ4v) is 1.61. The number of hydrogen-bond donors (Lipinski definition) is 1. The molecule has 1 saturated heterocycles. The van der Waals surface area contributed by atoms with Gasteiger partial charge in [-0.05, 0) is 13.3 Å². The third kappa shape index (κ3) is 4.07. The van der Waals surface area contributed by atoms with Crippen LogP contribution in [-0.4, -0.2) is 17.0 Å². The Morgan fingerprint density at radius 3 is 2.69 bits per heavy atom. The lowest BCUT2D eigenvalue weighted by Crippen LogP contribution is -2.21. The summed E-state index contributed by atoms with van der Waals surface area (Å²) in [5.41, 5.74) is 0. The highest BCUT2D eigenvalue weighted by atomic mass is 17.2. The van der Waals surface area contributed by atoms with Crippen molar-refractivity contribution in [2.75, 3.05) is 0 Å². The third-order valence-electron chi connectivity index (χ3n) is 2.35. The van der Waals surface area contributed by atoms with Gasteiger partial charge in [-0.2, -0.15) is 0 Å². The van der Waals surface area contributed by atoms with E-state index in [-0.39, 0.29) is 6.10 Å². The van der Waals surface area contributed by atoms with Crippen LogP contribution in [0.1, 0.15) is 52.4 Å². The number of hydrogen-bond acceptors (Lipinski definition) is 3. The molecule has 0 amide bonds. The van der Waals surface area contributed by atoms with Crippen molar-refractivity contribution in [3.8, 4) is 0 Å². The summed E-state index contributed by atoms with van der Waals surface area (Å²) >= 11 is 0. The molecular weight excluding hydrogens is 168 g/mol. The van der Waals surface area contributed by atoms with E-state index in [1.54, 1.807) is 6.92 Å². The van der Waals surface area contributed by atoms with Gasteiger partial charge in [0.15, 0.2) is 5.79 Å². The first-order valence-corrected chi connectivity index (χ1v) is 5.21. The molecule has 1 rings (SSSR count). The molecule has 0 aliphatic carbocycles. The van der Waals surface area contributed by atoms with Crippen LogP contribution in [0, 0.1) is 0 Å². The molecule has 0 bridgehead atoms. The van der Waals surface area contributed by atoms with Crippen molar-refractivity contribution in [2.45, 2.75) is 64.3 Å². The van der Waals surface area contributed by atoms with Crippen molar-refractivity contribution in [1.82, 2.24) is 0 Å². The van der Waals surface area contributed by atoms with Gasteiger partial charge in [0.25, 0.3) is 0 Å². The molecule has 1 heterocycles. The van der Waals surface area contributed by atoms with E-state index < -0.39 is 5.79 Å². The molecule has 0 spiro atoms. The second-order valence-electron chi connectivity index (χ2n) is 4.03. The maximum absolute atomic E-state index is 9.42. The molecule has 1 fully saturated rings. The molecule has 78 valence electrons. The predicted octanol–water partition coefficient (Wildman–Crippen LogP) is 2.39. The summed E-state index contributed by atoms with van der Waals surface area (Å²) in [5, 5.41) is 9.42. The van der Waals surface area contributed by atoms with E-state index in [1.165, 1.54) is 19.3 Å². The highest BCUT2D eigenvalue weighted by Crippen LogP contribution is 2.28. The molecule has 0 radical (unpaired) electrons. The van der Waals surface area contributed by atoms with Crippen LogP contribution in [0.5, 0.6) is 0 Å². The van der Waals surface area contributed by atoms with Gasteiger partial charge in [-0.25, -0.2) is 9.78 Å². The van der Waals surface area contributed by atoms with Gasteiger partial charge in [0.05, 0.1) is 6.10 Å². The Morgan fingerprint density at radius 1 is 1.38 bits per heavy atom. The molecule has 0 aromatic rings. The molecular formula is C10H20O3. The molecule has 0 saturated carbocycles. The smallest absolute Gasteiger partial charge is 0.198 e. The number of rotatable bonds is 5. The van der Waals surface area contributed by atoms with Crippen molar-refractivity contribution in [3.63, 3.8) is 0 Å². The van der Waals surface area contributed by atoms with Crippen LogP contribution in [0.4, 0.5) is 0 Å². The second kappa shape index (κ2) is 4.94. The Balaban J connectivity index is 2.04. The number of unbranched alkanes of at least 4 members (excludes halogenated alkanes) is 3. The minimum atomic E-state index is -1.06. The van der Waals surface area contributed by atoms with E-state index in [0.717, 1.165) is 12.8 Å². The number of aliphatic hydroxyl groups is 1. The Hall–Kier alpha value is -0.120. The minimum absolute atomic E-state index is 0.0897. The largest absolute Gasteiger partial charge is 0.363 e. The molecule has 1 N–H and O–H groups in total. The second-order valence-corrected chi connectivity index (χ2v) is 4.03. The lowest BCUT2D eigenvalue weighted by molar-refractivity contribution is -0.372. The van der Waals surface area contributed by atoms with Crippen molar-refractivity contribution in [1.29, 1.82) is 0 Å². The highest BCUT2D eigenvalue weighted by Gasteiger charge is 2.35. The average Bonchev–Trinajstić information content (AvgIpc) is 2.40. The van der Waals surface area contributed by atoms with Crippen molar-refractivity contribution in [3.05, 3.63) is 0 Å². The highest BCUT2D eigenvalue weighted by molar-refractivity contribution is 4.71. The van der Waals surface area contributed by atoms with E-state index >= 15 is 0 Å². The van der Waals surface area contributed by atoms with Gasteiger partial charge >= 0.3 is 0 Å². The van der Waals surface area contributed by atoms with Gasteiger partial charge in [0, 0.05) is 6.42 Å². The van der Waals surface area contributed by atoms with Gasteiger partial charge < -0.3 is 5.11 Å². The van der Waals surface area contributed by atoms with Crippen LogP contribution < -0.4 is 0 Å². The molecule has 0 aromatic heterocycles. The molecule has 2 atom stereocenters. The molecule has 13 heavy (non-hydrogen) atoms. The topological polar surface area (TPSA) is 38.7 Å². The zero-order chi connectivity index (χ0) is 9.73. The van der Waals surface area contributed by atoms with Crippen LogP contribution in [0.2, 0.25) is 0 Å². The van der Waals surface area contributed by atoms with E-state index in [0.29, 0.717) is 6.42 Å². The molecule has 1 aliphatic heterocycles. The summed E-state index contributed by atoms with van der Waals surface area (Å²) in [5.74, 6) is -1.06. The Labute approximate surface area is 80.0 Å². The van der Waals surface area contributed by atoms with E-state index in [4.69, 9.17) is 9.78 Å². The Kier molecular flexibility index (Phi) is 4.16. The van der Waals surface area contributed by atoms with Crippen LogP contribution in [0.25, 0.3) is 0 Å². The van der Waals surface area contributed by atoms with Crippen LogP contribution in [-0.2, 0) is 9.78 Å². The Bertz CT molecular complexity index is 145. The first-order chi connectivity index (χ1) is 6.14. The van der Waals surface area contributed by atoms with Gasteiger partial charge in [-0.15, -0.1) is 0 Å². The lowest BCUT2D eigenvalue weighted by Gasteiger charge is -2.09. The van der Waals surface area contributed by atoms with Gasteiger partial charge in [0.2, 0.25) is 0 Å².